The van der Waals surface area contributed by atoms with Crippen molar-refractivity contribution in [2.45, 2.75) is 13.8 Å². The van der Waals surface area contributed by atoms with E-state index < -0.39 is 18.5 Å². The van der Waals surface area contributed by atoms with E-state index in [4.69, 9.17) is 9.15 Å². The van der Waals surface area contributed by atoms with Crippen LogP contribution in [0.15, 0.2) is 82.0 Å². The molecule has 8 heteroatoms. The molecule has 2 amide bonds. The zero-order valence-electron chi connectivity index (χ0n) is 19.1. The van der Waals surface area contributed by atoms with E-state index in [1.807, 2.05) is 30.3 Å². The largest absolute Gasteiger partial charge is 0.455 e. The van der Waals surface area contributed by atoms with Gasteiger partial charge in [-0.05, 0) is 43.3 Å². The number of fused-ring (bicyclic) bond motifs is 1. The molecule has 4 rings (SSSR count). The summed E-state index contributed by atoms with van der Waals surface area (Å²) in [5, 5.41) is 5.49. The van der Waals surface area contributed by atoms with Crippen LogP contribution in [-0.4, -0.2) is 24.4 Å². The minimum Gasteiger partial charge on any atom is -0.455 e. The molecular weight excluding hydrogens is 448 g/mol. The third-order valence-corrected chi connectivity index (χ3v) is 5.22. The van der Waals surface area contributed by atoms with Gasteiger partial charge in [0.1, 0.15) is 11.3 Å². The van der Waals surface area contributed by atoms with Gasteiger partial charge < -0.3 is 19.8 Å². The van der Waals surface area contributed by atoms with Crippen LogP contribution in [0.5, 0.6) is 0 Å². The van der Waals surface area contributed by atoms with Crippen LogP contribution >= 0.6 is 0 Å². The summed E-state index contributed by atoms with van der Waals surface area (Å²) in [6.45, 7) is 2.53. The Morgan fingerprint density at radius 3 is 2.17 bits per heavy atom. The Morgan fingerprint density at radius 2 is 1.51 bits per heavy atom. The molecule has 2 N–H and O–H groups in total. The highest BCUT2D eigenvalue weighted by Crippen LogP contribution is 2.27. The Bertz CT molecular complexity index is 1470. The number of esters is 1. The third kappa shape index (κ3) is 5.27. The number of anilines is 2. The molecule has 0 aliphatic rings. The van der Waals surface area contributed by atoms with E-state index in [1.165, 1.54) is 13.0 Å². The van der Waals surface area contributed by atoms with Crippen LogP contribution in [0.2, 0.25) is 0 Å². The number of rotatable bonds is 6. The lowest BCUT2D eigenvalue weighted by Gasteiger charge is -2.11. The molecule has 8 nitrogen and oxygen atoms in total. The molecule has 1 aromatic heterocycles. The van der Waals surface area contributed by atoms with E-state index in [9.17, 15) is 19.2 Å². The van der Waals surface area contributed by atoms with Crippen LogP contribution < -0.4 is 16.1 Å². The summed E-state index contributed by atoms with van der Waals surface area (Å²) in [6, 6.07) is 20.2. The fourth-order valence-electron chi connectivity index (χ4n) is 3.58. The van der Waals surface area contributed by atoms with Crippen LogP contribution in [0.3, 0.4) is 0 Å². The van der Waals surface area contributed by atoms with E-state index in [0.717, 1.165) is 0 Å². The van der Waals surface area contributed by atoms with E-state index in [1.54, 1.807) is 43.3 Å². The fourth-order valence-corrected chi connectivity index (χ4v) is 3.58. The molecule has 1 heterocycles. The Hall–Kier alpha value is -4.72. The van der Waals surface area contributed by atoms with Crippen molar-refractivity contribution in [1.29, 1.82) is 0 Å². The van der Waals surface area contributed by atoms with E-state index in [2.05, 4.69) is 10.6 Å². The number of benzene rings is 3. The van der Waals surface area contributed by atoms with Crippen LogP contribution in [0.25, 0.3) is 22.3 Å². The quantitative estimate of drug-likeness (QED) is 0.401. The standard InChI is InChI=1S/C27H22N2O6/c1-16-24(32)21-9-6-10-22(26(21)35-25(16)18-7-4-3-5-8-18)27(33)34-15-23(31)29-20-13-11-19(12-14-20)28-17(2)30/h3-14H,15H2,1-2H3,(H,28,30)(H,29,31). The zero-order chi connectivity index (χ0) is 24.9. The summed E-state index contributed by atoms with van der Waals surface area (Å²) < 4.78 is 11.2. The third-order valence-electron chi connectivity index (χ3n) is 5.22. The van der Waals surface area contributed by atoms with Gasteiger partial charge in [0, 0.05) is 29.4 Å². The van der Waals surface area contributed by atoms with Crippen LogP contribution in [-0.2, 0) is 14.3 Å². The second-order valence-corrected chi connectivity index (χ2v) is 7.82. The first-order chi connectivity index (χ1) is 16.8. The Kier molecular flexibility index (Phi) is 6.73. The molecule has 0 fully saturated rings. The maximum atomic E-state index is 13.0. The van der Waals surface area contributed by atoms with Crippen molar-refractivity contribution < 1.29 is 23.5 Å². The SMILES string of the molecule is CC(=O)Nc1ccc(NC(=O)COC(=O)c2cccc3c(=O)c(C)c(-c4ccccc4)oc23)cc1. The number of nitrogens with one attached hydrogen (secondary N) is 2. The molecule has 0 spiro atoms. The highest BCUT2D eigenvalue weighted by molar-refractivity contribution is 6.03. The van der Waals surface area contributed by atoms with E-state index in [-0.39, 0.29) is 27.9 Å². The molecule has 0 saturated heterocycles. The number of ether oxygens (including phenoxy) is 1. The number of carbonyl (C=O) groups is 3. The van der Waals surface area contributed by atoms with Gasteiger partial charge in [-0.25, -0.2) is 4.79 Å². The van der Waals surface area contributed by atoms with Crippen LogP contribution in [0.1, 0.15) is 22.8 Å². The van der Waals surface area contributed by atoms with Gasteiger partial charge in [-0.2, -0.15) is 0 Å². The molecule has 0 unspecified atom stereocenters. The molecule has 0 aliphatic heterocycles. The van der Waals surface area contributed by atoms with Gasteiger partial charge in [-0.15, -0.1) is 0 Å². The summed E-state index contributed by atoms with van der Waals surface area (Å²) in [5.41, 5.74) is 2.09. The van der Waals surface area contributed by atoms with Crippen molar-refractivity contribution in [2.75, 3.05) is 17.2 Å². The first kappa shape index (κ1) is 23.4. The lowest BCUT2D eigenvalue weighted by atomic mass is 10.0. The topological polar surface area (TPSA) is 115 Å². The zero-order valence-corrected chi connectivity index (χ0v) is 19.1. The minimum absolute atomic E-state index is 0.0456. The maximum Gasteiger partial charge on any atom is 0.342 e. The molecule has 176 valence electrons. The van der Waals surface area contributed by atoms with Crippen molar-refractivity contribution >= 4 is 40.1 Å². The number of hydrogen-bond acceptors (Lipinski definition) is 6. The smallest absolute Gasteiger partial charge is 0.342 e. The average molecular weight is 470 g/mol. The van der Waals surface area contributed by atoms with E-state index >= 15 is 0 Å². The first-order valence-corrected chi connectivity index (χ1v) is 10.8. The Labute approximate surface area is 200 Å². The number of para-hydroxylation sites is 1. The minimum atomic E-state index is -0.794. The average Bonchev–Trinajstić information content (AvgIpc) is 2.86. The Morgan fingerprint density at radius 1 is 0.857 bits per heavy atom. The molecule has 0 radical (unpaired) electrons. The molecule has 4 aromatic rings. The van der Waals surface area contributed by atoms with Crippen LogP contribution in [0.4, 0.5) is 11.4 Å². The van der Waals surface area contributed by atoms with Gasteiger partial charge in [-0.1, -0.05) is 36.4 Å². The number of carbonyl (C=O) groups excluding carboxylic acids is 3. The monoisotopic (exact) mass is 470 g/mol. The lowest BCUT2D eigenvalue weighted by molar-refractivity contribution is -0.119. The first-order valence-electron chi connectivity index (χ1n) is 10.8. The highest BCUT2D eigenvalue weighted by atomic mass is 16.5. The molecule has 0 atom stereocenters. The predicted octanol–water partition coefficient (Wildman–Crippen LogP) is 4.52. The van der Waals surface area contributed by atoms with Gasteiger partial charge in [-0.3, -0.25) is 14.4 Å². The summed E-state index contributed by atoms with van der Waals surface area (Å²) in [5.74, 6) is -1.18. The summed E-state index contributed by atoms with van der Waals surface area (Å²) in [4.78, 5) is 49.1. The van der Waals surface area contributed by atoms with Crippen molar-refractivity contribution in [3.8, 4) is 11.3 Å². The van der Waals surface area contributed by atoms with Gasteiger partial charge in [0.2, 0.25) is 5.91 Å². The second-order valence-electron chi connectivity index (χ2n) is 7.82. The number of hydrogen-bond donors (Lipinski definition) is 2. The summed E-state index contributed by atoms with van der Waals surface area (Å²) in [6.07, 6.45) is 0. The van der Waals surface area contributed by atoms with Crippen molar-refractivity contribution in [3.05, 3.63) is 94.1 Å². The van der Waals surface area contributed by atoms with Gasteiger partial charge >= 0.3 is 5.97 Å². The normalized spacial score (nSPS) is 10.6. The predicted molar refractivity (Wildman–Crippen MR) is 132 cm³/mol. The summed E-state index contributed by atoms with van der Waals surface area (Å²) >= 11 is 0. The molecular formula is C27H22N2O6. The highest BCUT2D eigenvalue weighted by Gasteiger charge is 2.20. The van der Waals surface area contributed by atoms with Gasteiger partial charge in [0.15, 0.2) is 17.6 Å². The molecule has 0 saturated carbocycles. The number of amides is 2. The lowest BCUT2D eigenvalue weighted by Crippen LogP contribution is -2.21. The van der Waals surface area contributed by atoms with Crippen LogP contribution in [0, 0.1) is 6.92 Å². The van der Waals surface area contributed by atoms with Gasteiger partial charge in [0.25, 0.3) is 5.91 Å². The van der Waals surface area contributed by atoms with Crippen molar-refractivity contribution in [3.63, 3.8) is 0 Å². The molecule has 35 heavy (non-hydrogen) atoms. The second kappa shape index (κ2) is 10.0. The van der Waals surface area contributed by atoms with Gasteiger partial charge in [0.05, 0.1) is 5.39 Å². The molecule has 0 bridgehead atoms. The Balaban J connectivity index is 1.52. The van der Waals surface area contributed by atoms with Crippen molar-refractivity contribution in [2.24, 2.45) is 0 Å². The molecule has 0 aliphatic carbocycles. The summed E-state index contributed by atoms with van der Waals surface area (Å²) in [7, 11) is 0. The molecule has 3 aromatic carbocycles. The maximum absolute atomic E-state index is 13.0. The van der Waals surface area contributed by atoms with E-state index in [0.29, 0.717) is 28.3 Å². The van der Waals surface area contributed by atoms with Crippen molar-refractivity contribution in [1.82, 2.24) is 0 Å². The fraction of sp³-hybridized carbons (Fsp3) is 0.111.